The third-order valence-electron chi connectivity index (χ3n) is 22.9. The van der Waals surface area contributed by atoms with Gasteiger partial charge < -0.3 is 33.8 Å². The molecule has 0 bridgehead atoms. The van der Waals surface area contributed by atoms with Crippen molar-refractivity contribution in [3.8, 4) is 0 Å². The third kappa shape index (κ3) is 84.9. The second-order valence-electron chi connectivity index (χ2n) is 34.2. The fraction of sp³-hybridized carbons (Fsp3) is 0.957. The number of hydrogen-bond donors (Lipinski definition) is 3. The molecule has 0 saturated carbocycles. The van der Waals surface area contributed by atoms with E-state index in [1.165, 1.54) is 327 Å². The lowest BCUT2D eigenvalue weighted by molar-refractivity contribution is -0.161. The molecular formula is C94H184O17P2. The van der Waals surface area contributed by atoms with Gasteiger partial charge in [-0.05, 0) is 37.5 Å². The summed E-state index contributed by atoms with van der Waals surface area (Å²) in [4.78, 5) is 73.5. The lowest BCUT2D eigenvalue weighted by Gasteiger charge is -2.21. The lowest BCUT2D eigenvalue weighted by atomic mass is 9.99. The summed E-state index contributed by atoms with van der Waals surface area (Å²) in [5.74, 6) is -0.345. The molecule has 0 heterocycles. The van der Waals surface area contributed by atoms with Crippen molar-refractivity contribution in [3.63, 3.8) is 0 Å². The van der Waals surface area contributed by atoms with Gasteiger partial charge in [0, 0.05) is 25.7 Å². The summed E-state index contributed by atoms with van der Waals surface area (Å²) < 4.78 is 69.2. The van der Waals surface area contributed by atoms with Crippen molar-refractivity contribution in [2.24, 2.45) is 11.8 Å². The molecular weight excluding hydrogens is 1460 g/mol. The van der Waals surface area contributed by atoms with Crippen LogP contribution in [0.15, 0.2) is 0 Å². The quantitative estimate of drug-likeness (QED) is 0.0222. The zero-order valence-electron chi connectivity index (χ0n) is 74.7. The molecule has 0 spiro atoms. The maximum Gasteiger partial charge on any atom is 0.472 e. The van der Waals surface area contributed by atoms with E-state index in [0.717, 1.165) is 102 Å². The molecule has 3 N–H and O–H groups in total. The largest absolute Gasteiger partial charge is 0.472 e. The van der Waals surface area contributed by atoms with Gasteiger partial charge in [0.1, 0.15) is 19.3 Å². The van der Waals surface area contributed by atoms with Gasteiger partial charge in [0.2, 0.25) is 0 Å². The van der Waals surface area contributed by atoms with Crippen LogP contribution in [0.25, 0.3) is 0 Å². The predicted octanol–water partition coefficient (Wildman–Crippen LogP) is 29.4. The van der Waals surface area contributed by atoms with E-state index in [1.807, 2.05) is 0 Å². The molecule has 0 rings (SSSR count). The summed E-state index contributed by atoms with van der Waals surface area (Å²) in [7, 11) is -9.94. The van der Waals surface area contributed by atoms with Crippen molar-refractivity contribution in [3.05, 3.63) is 0 Å². The zero-order valence-corrected chi connectivity index (χ0v) is 76.5. The lowest BCUT2D eigenvalue weighted by Crippen LogP contribution is -2.30. The van der Waals surface area contributed by atoms with Crippen LogP contribution in [0, 0.1) is 11.8 Å². The molecule has 4 unspecified atom stereocenters. The first-order valence-corrected chi connectivity index (χ1v) is 51.6. The van der Waals surface area contributed by atoms with E-state index >= 15 is 0 Å². The SMILES string of the molecule is CCCCCCCCCCCCCCCCCCCC(=O)O[C@H](COC(=O)CCCCCCCCCCCCCC)COP(=O)(O)OC[C@H](O)COP(=O)(O)OC[C@@H](COC(=O)CCCCCCCCCCCCCCCCCCCCC(C)CC)OC(=O)CCCCCCCCCCCCCCCCCCCCC(C)CC. The first-order chi connectivity index (χ1) is 54.9. The van der Waals surface area contributed by atoms with Crippen LogP contribution in [0.1, 0.15) is 510 Å². The second-order valence-corrected chi connectivity index (χ2v) is 37.1. The molecule has 19 heteroatoms. The number of phosphoric acid groups is 2. The summed E-state index contributed by atoms with van der Waals surface area (Å²) in [6, 6.07) is 0. The smallest absolute Gasteiger partial charge is 0.462 e. The van der Waals surface area contributed by atoms with Gasteiger partial charge in [-0.25, -0.2) is 9.13 Å². The van der Waals surface area contributed by atoms with Crippen molar-refractivity contribution < 1.29 is 80.2 Å². The summed E-state index contributed by atoms with van der Waals surface area (Å²) in [6.07, 6.45) is 80.5. The molecule has 7 atom stereocenters. The summed E-state index contributed by atoms with van der Waals surface area (Å²) in [6.45, 7) is 9.86. The molecule has 672 valence electrons. The van der Waals surface area contributed by atoms with Gasteiger partial charge in [-0.2, -0.15) is 0 Å². The summed E-state index contributed by atoms with van der Waals surface area (Å²) >= 11 is 0. The fourth-order valence-electron chi connectivity index (χ4n) is 14.8. The number of esters is 4. The monoisotopic (exact) mass is 1650 g/mol. The number of unbranched alkanes of at least 4 members (excludes halogenated alkanes) is 61. The van der Waals surface area contributed by atoms with Gasteiger partial charge in [-0.15, -0.1) is 0 Å². The molecule has 0 radical (unpaired) electrons. The van der Waals surface area contributed by atoms with Crippen molar-refractivity contribution in [1.29, 1.82) is 0 Å². The van der Waals surface area contributed by atoms with Gasteiger partial charge in [0.05, 0.1) is 26.4 Å². The molecule has 17 nitrogen and oxygen atoms in total. The molecule has 0 saturated heterocycles. The first-order valence-electron chi connectivity index (χ1n) is 48.6. The molecule has 0 aromatic rings. The number of rotatable bonds is 93. The number of hydrogen-bond acceptors (Lipinski definition) is 15. The average molecular weight is 1650 g/mol. The Balaban J connectivity index is 5.24. The van der Waals surface area contributed by atoms with Crippen molar-refractivity contribution >= 4 is 39.5 Å². The Kier molecular flexibility index (Phi) is 83.6. The molecule has 0 aromatic carbocycles. The van der Waals surface area contributed by atoms with Crippen LogP contribution in [0.4, 0.5) is 0 Å². The predicted molar refractivity (Wildman–Crippen MR) is 469 cm³/mol. The van der Waals surface area contributed by atoms with Crippen LogP contribution in [-0.4, -0.2) is 96.7 Å². The van der Waals surface area contributed by atoms with Gasteiger partial charge in [0.15, 0.2) is 12.2 Å². The minimum Gasteiger partial charge on any atom is -0.462 e. The number of aliphatic hydroxyl groups excluding tert-OH is 1. The number of ether oxygens (including phenoxy) is 4. The molecule has 0 aliphatic carbocycles. The van der Waals surface area contributed by atoms with E-state index in [1.54, 1.807) is 0 Å². The Morgan fingerprint density at radius 1 is 0.248 bits per heavy atom. The molecule has 0 aliphatic rings. The van der Waals surface area contributed by atoms with E-state index in [-0.39, 0.29) is 25.7 Å². The Bertz CT molecular complexity index is 2150. The Morgan fingerprint density at radius 3 is 0.628 bits per heavy atom. The van der Waals surface area contributed by atoms with E-state index in [2.05, 4.69) is 41.5 Å². The standard InChI is InChI=1S/C94H184O17P2/c1-7-11-13-15-17-19-21-23-24-29-37-42-48-54-60-66-72-78-93(98)110-89(82-104-91(96)76-70-64-58-52-46-22-20-18-16-14-12-8-2)84-108-112(100,101)106-80-88(95)81-107-113(102,103)109-85-90(111-94(99)79-73-67-61-55-49-43-38-33-28-26-31-35-40-45-51-57-63-69-75-87(6)10-4)83-105-92(97)77-71-65-59-53-47-41-36-32-27-25-30-34-39-44-50-56-62-68-74-86(5)9-3/h86-90,95H,7-85H2,1-6H3,(H,100,101)(H,102,103)/t86?,87?,88-,89+,90+/m0/s1. The molecule has 113 heavy (non-hydrogen) atoms. The van der Waals surface area contributed by atoms with Crippen LogP contribution < -0.4 is 0 Å². The third-order valence-corrected chi connectivity index (χ3v) is 24.8. The van der Waals surface area contributed by atoms with Gasteiger partial charge >= 0.3 is 39.5 Å². The normalized spacial score (nSPS) is 14.2. The number of carbonyl (C=O) groups excluding carboxylic acids is 4. The highest BCUT2D eigenvalue weighted by Gasteiger charge is 2.31. The Hall–Kier alpha value is -1.94. The number of carbonyl (C=O) groups is 4. The van der Waals surface area contributed by atoms with Crippen LogP contribution >= 0.6 is 15.6 Å². The van der Waals surface area contributed by atoms with Gasteiger partial charge in [0.25, 0.3) is 0 Å². The highest BCUT2D eigenvalue weighted by atomic mass is 31.2. The average Bonchev–Trinajstić information content (AvgIpc) is 0.898. The maximum atomic E-state index is 13.2. The van der Waals surface area contributed by atoms with Crippen molar-refractivity contribution in [1.82, 2.24) is 0 Å². The Morgan fingerprint density at radius 2 is 0.425 bits per heavy atom. The van der Waals surface area contributed by atoms with E-state index in [0.29, 0.717) is 25.7 Å². The minimum absolute atomic E-state index is 0.109. The van der Waals surface area contributed by atoms with E-state index in [4.69, 9.17) is 37.0 Å². The Labute approximate surface area is 696 Å². The van der Waals surface area contributed by atoms with Crippen LogP contribution in [0.5, 0.6) is 0 Å². The first kappa shape index (κ1) is 111. The molecule has 0 amide bonds. The van der Waals surface area contributed by atoms with Gasteiger partial charge in [-0.3, -0.25) is 37.3 Å². The van der Waals surface area contributed by atoms with E-state index < -0.39 is 97.5 Å². The number of phosphoric ester groups is 2. The van der Waals surface area contributed by atoms with E-state index in [9.17, 15) is 43.2 Å². The van der Waals surface area contributed by atoms with Crippen LogP contribution in [-0.2, 0) is 65.4 Å². The van der Waals surface area contributed by atoms with Crippen LogP contribution in [0.2, 0.25) is 0 Å². The highest BCUT2D eigenvalue weighted by molar-refractivity contribution is 7.47. The highest BCUT2D eigenvalue weighted by Crippen LogP contribution is 2.45. The minimum atomic E-state index is -4.97. The summed E-state index contributed by atoms with van der Waals surface area (Å²) in [5, 5.41) is 10.7. The molecule has 0 fully saturated rings. The topological polar surface area (TPSA) is 237 Å². The second kappa shape index (κ2) is 85.1. The van der Waals surface area contributed by atoms with Crippen molar-refractivity contribution in [2.45, 2.75) is 529 Å². The molecule has 0 aliphatic heterocycles. The summed E-state index contributed by atoms with van der Waals surface area (Å²) in [5.41, 5.74) is 0. The van der Waals surface area contributed by atoms with Gasteiger partial charge in [-0.1, -0.05) is 459 Å². The maximum absolute atomic E-state index is 13.2. The fourth-order valence-corrected chi connectivity index (χ4v) is 16.3. The van der Waals surface area contributed by atoms with Crippen LogP contribution in [0.3, 0.4) is 0 Å². The van der Waals surface area contributed by atoms with Crippen molar-refractivity contribution in [2.75, 3.05) is 39.6 Å². The number of aliphatic hydroxyl groups is 1. The zero-order chi connectivity index (χ0) is 82.7. The molecule has 0 aromatic heterocycles.